The van der Waals surface area contributed by atoms with Gasteiger partial charge in [-0.2, -0.15) is 8.78 Å². The predicted molar refractivity (Wildman–Crippen MR) is 69.3 cm³/mol. The summed E-state index contributed by atoms with van der Waals surface area (Å²) in [6.07, 6.45) is 1.28. The fourth-order valence-corrected chi connectivity index (χ4v) is 2.06. The second-order valence-electron chi connectivity index (χ2n) is 3.48. The molecule has 3 unspecified atom stereocenters. The zero-order valence-corrected chi connectivity index (χ0v) is 12.2. The van der Waals surface area contributed by atoms with Gasteiger partial charge in [0.15, 0.2) is 5.15 Å². The van der Waals surface area contributed by atoms with Crippen molar-refractivity contribution in [2.75, 3.05) is 6.66 Å². The second kappa shape index (κ2) is 4.84. The fraction of sp³-hybridized carbons (Fsp3) is 0.444. The summed E-state index contributed by atoms with van der Waals surface area (Å²) in [7, 11) is 3.27. The molecule has 0 aliphatic heterocycles. The van der Waals surface area contributed by atoms with E-state index in [1.165, 1.54) is 12.9 Å². The van der Waals surface area contributed by atoms with Gasteiger partial charge in [-0.25, -0.2) is 4.39 Å². The van der Waals surface area contributed by atoms with Gasteiger partial charge in [-0.05, 0) is 33.8 Å². The Bertz CT molecular complexity index is 390. The number of aromatic nitrogens is 1. The molecule has 0 aromatic carbocycles. The lowest BCUT2D eigenvalue weighted by atomic mass is 10.1. The molecule has 0 saturated heterocycles. The molecule has 0 aliphatic carbocycles. The van der Waals surface area contributed by atoms with Crippen molar-refractivity contribution in [2.24, 2.45) is 0 Å². The third-order valence-electron chi connectivity index (χ3n) is 2.15. The van der Waals surface area contributed by atoms with Crippen LogP contribution >= 0.6 is 27.1 Å². The molecule has 0 saturated carbocycles. The number of pyridine rings is 1. The molecule has 1 aromatic heterocycles. The molecule has 0 amide bonds. The van der Waals surface area contributed by atoms with Gasteiger partial charge in [0.1, 0.15) is 0 Å². The normalized spacial score (nSPS) is 13.7. The Morgan fingerprint density at radius 3 is 2.31 bits per heavy atom. The highest BCUT2D eigenvalue weighted by Gasteiger charge is 2.33. The molecule has 16 heavy (non-hydrogen) atoms. The average molecular weight is 285 g/mol. The van der Waals surface area contributed by atoms with Crippen LogP contribution in [0.3, 0.4) is 0 Å². The van der Waals surface area contributed by atoms with E-state index in [0.717, 1.165) is 6.07 Å². The largest absolute Gasteiger partial charge is 0.286 e. The summed E-state index contributed by atoms with van der Waals surface area (Å²) >= 11 is 0. The van der Waals surface area contributed by atoms with Crippen LogP contribution < -0.4 is 0 Å². The first kappa shape index (κ1) is 14.3. The van der Waals surface area contributed by atoms with Crippen molar-refractivity contribution in [3.05, 3.63) is 29.1 Å². The van der Waals surface area contributed by atoms with E-state index >= 15 is 0 Å². The summed E-state index contributed by atoms with van der Waals surface area (Å²) in [6.45, 7) is 2.97. The van der Waals surface area contributed by atoms with Crippen LogP contribution in [0.2, 0.25) is 0 Å². The molecule has 1 aromatic rings. The lowest BCUT2D eigenvalue weighted by molar-refractivity contribution is 0.0999. The van der Waals surface area contributed by atoms with Crippen molar-refractivity contribution in [1.29, 1.82) is 0 Å². The third-order valence-corrected chi connectivity index (χ3v) is 3.64. The van der Waals surface area contributed by atoms with Crippen LogP contribution in [0.4, 0.5) is 13.2 Å². The molecule has 0 N–H and O–H groups in total. The van der Waals surface area contributed by atoms with Gasteiger partial charge in [-0.3, -0.25) is 4.98 Å². The molecular formula is C9H13F3NP3. The van der Waals surface area contributed by atoms with Gasteiger partial charge >= 0.3 is 0 Å². The van der Waals surface area contributed by atoms with E-state index in [2.05, 4.69) is 4.98 Å². The van der Waals surface area contributed by atoms with Crippen molar-refractivity contribution in [2.45, 2.75) is 17.7 Å². The smallest absolute Gasteiger partial charge is 0.257 e. The van der Waals surface area contributed by atoms with Crippen LogP contribution in [0, 0.1) is 6.92 Å². The van der Waals surface area contributed by atoms with E-state index in [-0.39, 0.29) is 11.3 Å². The molecule has 1 heterocycles. The molecule has 7 heteroatoms. The maximum atomic E-state index is 13.6. The van der Waals surface area contributed by atoms with Crippen molar-refractivity contribution < 1.29 is 13.2 Å². The van der Waals surface area contributed by atoms with E-state index in [0.29, 0.717) is 5.56 Å². The molecule has 90 valence electrons. The first-order valence-corrected chi connectivity index (χ1v) is 7.15. The first-order valence-electron chi connectivity index (χ1n) is 4.49. The summed E-state index contributed by atoms with van der Waals surface area (Å²) < 4.78 is 40.7. The fourth-order valence-electron chi connectivity index (χ4n) is 1.21. The Kier molecular flexibility index (Phi) is 4.33. The Morgan fingerprint density at radius 2 is 1.88 bits per heavy atom. The van der Waals surface area contributed by atoms with E-state index in [4.69, 9.17) is 0 Å². The van der Waals surface area contributed by atoms with Gasteiger partial charge in [-0.15, -0.1) is 0 Å². The third kappa shape index (κ3) is 3.13. The van der Waals surface area contributed by atoms with Gasteiger partial charge < -0.3 is 0 Å². The minimum atomic E-state index is -2.91. The van der Waals surface area contributed by atoms with Crippen molar-refractivity contribution in [3.63, 3.8) is 0 Å². The maximum absolute atomic E-state index is 13.6. The standard InChI is InChI=1S/C9H13F3NP3/c1-5-4-13-7(9(12,14)15)3-6(5)8(10,11)16-2/h3-4,16H,14-15H2,1-2H3. The summed E-state index contributed by atoms with van der Waals surface area (Å²) in [5.74, 6) is 0. The Balaban J connectivity index is 3.30. The minimum Gasteiger partial charge on any atom is -0.257 e. The maximum Gasteiger partial charge on any atom is 0.286 e. The first-order chi connectivity index (χ1) is 7.18. The quantitative estimate of drug-likeness (QED) is 0.774. The number of hydrogen-bond donors (Lipinski definition) is 0. The molecule has 3 atom stereocenters. The lowest BCUT2D eigenvalue weighted by Crippen LogP contribution is -2.12. The molecule has 0 fully saturated rings. The summed E-state index contributed by atoms with van der Waals surface area (Å²) in [5, 5.41) is -1.87. The highest BCUT2D eigenvalue weighted by Crippen LogP contribution is 2.46. The lowest BCUT2D eigenvalue weighted by Gasteiger charge is -2.20. The van der Waals surface area contributed by atoms with Crippen molar-refractivity contribution in [1.82, 2.24) is 4.98 Å². The number of halogens is 3. The van der Waals surface area contributed by atoms with E-state index < -0.39 is 19.4 Å². The van der Waals surface area contributed by atoms with E-state index in [1.807, 2.05) is 18.5 Å². The summed E-state index contributed by atoms with van der Waals surface area (Å²) in [4.78, 5) is 3.81. The molecule has 0 aliphatic rings. The van der Waals surface area contributed by atoms with Gasteiger partial charge in [-0.1, -0.05) is 18.5 Å². The second-order valence-corrected chi connectivity index (χ2v) is 6.95. The van der Waals surface area contributed by atoms with Crippen LogP contribution in [0.5, 0.6) is 0 Å². The molecule has 0 radical (unpaired) electrons. The number of alkyl halides is 3. The van der Waals surface area contributed by atoms with Gasteiger partial charge in [0.25, 0.3) is 5.66 Å². The zero-order valence-electron chi connectivity index (χ0n) is 8.89. The van der Waals surface area contributed by atoms with E-state index in [1.54, 1.807) is 6.92 Å². The zero-order chi connectivity index (χ0) is 12.6. The van der Waals surface area contributed by atoms with Crippen LogP contribution in [-0.2, 0) is 10.8 Å². The van der Waals surface area contributed by atoms with E-state index in [9.17, 15) is 13.2 Å². The van der Waals surface area contributed by atoms with Gasteiger partial charge in [0, 0.05) is 11.8 Å². The molecular weight excluding hydrogens is 272 g/mol. The minimum absolute atomic E-state index is 0.0268. The van der Waals surface area contributed by atoms with Crippen LogP contribution in [0.25, 0.3) is 0 Å². The molecule has 0 spiro atoms. The number of rotatable bonds is 3. The topological polar surface area (TPSA) is 12.9 Å². The predicted octanol–water partition coefficient (Wildman–Crippen LogP) is 3.58. The van der Waals surface area contributed by atoms with Gasteiger partial charge in [0.05, 0.1) is 5.69 Å². The monoisotopic (exact) mass is 285 g/mol. The molecule has 1 nitrogen and oxygen atoms in total. The van der Waals surface area contributed by atoms with Gasteiger partial charge in [0.2, 0.25) is 0 Å². The number of aryl methyl sites for hydroxylation is 1. The molecule has 0 bridgehead atoms. The van der Waals surface area contributed by atoms with Crippen molar-refractivity contribution >= 4 is 27.1 Å². The summed E-state index contributed by atoms with van der Waals surface area (Å²) in [6, 6.07) is 1.13. The highest BCUT2D eigenvalue weighted by molar-refractivity contribution is 7.38. The van der Waals surface area contributed by atoms with Crippen molar-refractivity contribution in [3.8, 4) is 0 Å². The van der Waals surface area contributed by atoms with Crippen LogP contribution in [-0.4, -0.2) is 11.6 Å². The Hall–Kier alpha value is 0.230. The summed E-state index contributed by atoms with van der Waals surface area (Å²) in [5.41, 5.74) is -2.71. The van der Waals surface area contributed by atoms with Crippen LogP contribution in [0.15, 0.2) is 12.3 Å². The number of nitrogens with zero attached hydrogens (tertiary/aromatic N) is 1. The SMILES string of the molecule is CPC(F)(F)c1cc(C(F)(P)P)ncc1C. The highest BCUT2D eigenvalue weighted by atomic mass is 31.1. The average Bonchev–Trinajstić information content (AvgIpc) is 2.16. The Labute approximate surface area is 99.2 Å². The van der Waals surface area contributed by atoms with Crippen LogP contribution in [0.1, 0.15) is 16.8 Å². The number of hydrogen-bond acceptors (Lipinski definition) is 1. The molecule has 1 rings (SSSR count). The Morgan fingerprint density at radius 1 is 1.31 bits per heavy atom.